The lowest BCUT2D eigenvalue weighted by atomic mass is 9.84. The molecular weight excluding hydrogens is 308 g/mol. The largest absolute Gasteiger partial charge is 0.481 e. The molecule has 0 aliphatic carbocycles. The van der Waals surface area contributed by atoms with E-state index in [1.165, 1.54) is 53.0 Å². The zero-order valence-electron chi connectivity index (χ0n) is 14.5. The zero-order valence-corrected chi connectivity index (χ0v) is 14.5. The molecule has 0 aromatic carbocycles. The fourth-order valence-electron chi connectivity index (χ4n) is 3.88. The van der Waals surface area contributed by atoms with Gasteiger partial charge in [0, 0.05) is 18.0 Å². The molecule has 0 amide bonds. The van der Waals surface area contributed by atoms with E-state index in [0.717, 1.165) is 6.42 Å². The Morgan fingerprint density at radius 1 is 1.17 bits per heavy atom. The van der Waals surface area contributed by atoms with Crippen LogP contribution >= 0.6 is 0 Å². The molecule has 132 valence electrons. The molecule has 2 saturated heterocycles. The van der Waals surface area contributed by atoms with Gasteiger partial charge in [0.2, 0.25) is 11.8 Å². The third kappa shape index (κ3) is 3.64. The van der Waals surface area contributed by atoms with E-state index >= 15 is 0 Å². The third-order valence-corrected chi connectivity index (χ3v) is 5.11. The van der Waals surface area contributed by atoms with E-state index in [4.69, 9.17) is 14.2 Å². The monoisotopic (exact) mass is 334 g/mol. The molecular formula is C18H26N2O4. The summed E-state index contributed by atoms with van der Waals surface area (Å²) in [4.78, 5) is 19.1. The van der Waals surface area contributed by atoms with Crippen molar-refractivity contribution in [3.05, 3.63) is 17.7 Å². The van der Waals surface area contributed by atoms with E-state index in [9.17, 15) is 4.79 Å². The Hall–Kier alpha value is -1.82. The summed E-state index contributed by atoms with van der Waals surface area (Å²) >= 11 is 0. The molecule has 0 radical (unpaired) electrons. The fourth-order valence-corrected chi connectivity index (χ4v) is 3.88. The van der Waals surface area contributed by atoms with Crippen molar-refractivity contribution in [2.75, 3.05) is 33.9 Å². The predicted octanol–water partition coefficient (Wildman–Crippen LogP) is 2.52. The smallest absolute Gasteiger partial charge is 0.343 e. The number of ether oxygens (including phenoxy) is 3. The van der Waals surface area contributed by atoms with Crippen molar-refractivity contribution in [3.63, 3.8) is 0 Å². The van der Waals surface area contributed by atoms with Gasteiger partial charge in [0.15, 0.2) is 0 Å². The van der Waals surface area contributed by atoms with Crippen LogP contribution in [-0.2, 0) is 4.74 Å². The highest BCUT2D eigenvalue weighted by atomic mass is 16.5. The molecule has 2 atom stereocenters. The second-order valence-electron chi connectivity index (χ2n) is 6.51. The van der Waals surface area contributed by atoms with Crippen LogP contribution in [-0.4, -0.2) is 55.8 Å². The molecule has 6 heteroatoms. The van der Waals surface area contributed by atoms with Crippen molar-refractivity contribution < 1.29 is 19.0 Å². The summed E-state index contributed by atoms with van der Waals surface area (Å²) < 4.78 is 15.8. The van der Waals surface area contributed by atoms with Gasteiger partial charge in [-0.05, 0) is 44.8 Å². The maximum atomic E-state index is 12.4. The number of piperidine rings is 2. The normalized spacial score (nSPS) is 24.1. The van der Waals surface area contributed by atoms with Gasteiger partial charge in [0.1, 0.15) is 5.56 Å². The van der Waals surface area contributed by atoms with Gasteiger partial charge in [0.25, 0.3) is 0 Å². The second-order valence-corrected chi connectivity index (χ2v) is 6.51. The molecule has 1 aromatic rings. The Morgan fingerprint density at radius 3 is 2.79 bits per heavy atom. The molecule has 6 nitrogen and oxygen atoms in total. The molecule has 3 rings (SSSR count). The first-order chi connectivity index (χ1) is 11.7. The molecule has 3 heterocycles. The van der Waals surface area contributed by atoms with Crippen LogP contribution in [0.15, 0.2) is 12.1 Å². The first-order valence-corrected chi connectivity index (χ1v) is 8.73. The minimum absolute atomic E-state index is 0.238. The number of methoxy groups -OCH3 is 2. The maximum Gasteiger partial charge on any atom is 0.343 e. The van der Waals surface area contributed by atoms with Gasteiger partial charge < -0.3 is 14.2 Å². The molecule has 0 spiro atoms. The zero-order chi connectivity index (χ0) is 16.9. The number of carbonyl (C=O) groups is 1. The molecule has 24 heavy (non-hydrogen) atoms. The lowest BCUT2D eigenvalue weighted by Gasteiger charge is -2.44. The number of hydrogen-bond acceptors (Lipinski definition) is 6. The number of rotatable bonds is 5. The molecule has 0 N–H and O–H groups in total. The third-order valence-electron chi connectivity index (χ3n) is 5.11. The maximum absolute atomic E-state index is 12.4. The van der Waals surface area contributed by atoms with E-state index in [-0.39, 0.29) is 11.8 Å². The van der Waals surface area contributed by atoms with E-state index in [0.29, 0.717) is 30.0 Å². The van der Waals surface area contributed by atoms with E-state index in [1.54, 1.807) is 12.1 Å². The fraction of sp³-hybridized carbons (Fsp3) is 0.667. The van der Waals surface area contributed by atoms with Gasteiger partial charge in [0.05, 0.1) is 20.8 Å². The van der Waals surface area contributed by atoms with Gasteiger partial charge in [-0.3, -0.25) is 4.90 Å². The average Bonchev–Trinajstić information content (AvgIpc) is 2.65. The Kier molecular flexibility index (Phi) is 5.56. The van der Waals surface area contributed by atoms with Crippen molar-refractivity contribution in [2.45, 2.75) is 38.1 Å². The number of hydrogen-bond donors (Lipinski definition) is 0. The molecule has 0 bridgehead atoms. The molecule has 2 unspecified atom stereocenters. The van der Waals surface area contributed by atoms with Gasteiger partial charge >= 0.3 is 5.97 Å². The summed E-state index contributed by atoms with van der Waals surface area (Å²) in [7, 11) is 3.01. The first-order valence-electron chi connectivity index (χ1n) is 8.73. The highest BCUT2D eigenvalue weighted by molar-refractivity contribution is 5.91. The highest BCUT2D eigenvalue weighted by Gasteiger charge is 2.33. The van der Waals surface area contributed by atoms with Crippen LogP contribution in [0.1, 0.15) is 42.5 Å². The minimum atomic E-state index is -0.380. The Morgan fingerprint density at radius 2 is 2.00 bits per heavy atom. The standard InChI is InChI=1S/C18H26N2O4/c1-22-16-9-8-14(17(19-16)23-2)18(21)24-12-13-6-5-11-20-10-4-3-7-15(13)20/h8-9,13,15H,3-7,10-12H2,1-2H3. The summed E-state index contributed by atoms with van der Waals surface area (Å²) in [5.41, 5.74) is 0.342. The number of pyridine rings is 1. The summed E-state index contributed by atoms with van der Waals surface area (Å²) in [6, 6.07) is 3.85. The van der Waals surface area contributed by atoms with Crippen molar-refractivity contribution >= 4 is 5.97 Å². The van der Waals surface area contributed by atoms with Crippen LogP contribution in [0.2, 0.25) is 0 Å². The van der Waals surface area contributed by atoms with Crippen molar-refractivity contribution in [1.82, 2.24) is 9.88 Å². The molecule has 1 aromatic heterocycles. The van der Waals surface area contributed by atoms with E-state index in [2.05, 4.69) is 9.88 Å². The van der Waals surface area contributed by atoms with Gasteiger partial charge in [-0.1, -0.05) is 6.42 Å². The van der Waals surface area contributed by atoms with Crippen LogP contribution in [0, 0.1) is 5.92 Å². The number of aromatic nitrogens is 1. The predicted molar refractivity (Wildman–Crippen MR) is 89.6 cm³/mol. The van der Waals surface area contributed by atoms with Crippen LogP contribution in [0.25, 0.3) is 0 Å². The second kappa shape index (κ2) is 7.83. The molecule has 2 aliphatic rings. The summed E-state index contributed by atoms with van der Waals surface area (Å²) in [6.07, 6.45) is 6.10. The van der Waals surface area contributed by atoms with Gasteiger partial charge in [-0.2, -0.15) is 4.98 Å². The van der Waals surface area contributed by atoms with Crippen molar-refractivity contribution in [1.29, 1.82) is 0 Å². The summed E-state index contributed by atoms with van der Waals surface area (Å²) in [5, 5.41) is 0. The van der Waals surface area contributed by atoms with E-state index < -0.39 is 0 Å². The Labute approximate surface area is 143 Å². The van der Waals surface area contributed by atoms with E-state index in [1.807, 2.05) is 0 Å². The van der Waals surface area contributed by atoms with Gasteiger partial charge in [-0.15, -0.1) is 0 Å². The summed E-state index contributed by atoms with van der Waals surface area (Å²) in [5.74, 6) is 0.700. The number of esters is 1. The number of fused-ring (bicyclic) bond motifs is 1. The Bertz CT molecular complexity index is 576. The van der Waals surface area contributed by atoms with Crippen molar-refractivity contribution in [2.24, 2.45) is 5.92 Å². The number of carbonyl (C=O) groups excluding carboxylic acids is 1. The molecule has 0 saturated carbocycles. The number of nitrogens with zero attached hydrogens (tertiary/aromatic N) is 2. The van der Waals surface area contributed by atoms with Gasteiger partial charge in [-0.25, -0.2) is 4.79 Å². The van der Waals surface area contributed by atoms with Crippen LogP contribution in [0.4, 0.5) is 0 Å². The average molecular weight is 334 g/mol. The lowest BCUT2D eigenvalue weighted by molar-refractivity contribution is 0.00717. The van der Waals surface area contributed by atoms with Crippen LogP contribution < -0.4 is 9.47 Å². The van der Waals surface area contributed by atoms with Crippen LogP contribution in [0.5, 0.6) is 11.8 Å². The Balaban J connectivity index is 1.62. The SMILES string of the molecule is COc1ccc(C(=O)OCC2CCCN3CCCCC23)c(OC)n1. The molecule has 2 fully saturated rings. The lowest BCUT2D eigenvalue weighted by Crippen LogP contribution is -2.49. The summed E-state index contributed by atoms with van der Waals surface area (Å²) in [6.45, 7) is 2.84. The topological polar surface area (TPSA) is 60.9 Å². The van der Waals surface area contributed by atoms with Crippen LogP contribution in [0.3, 0.4) is 0 Å². The highest BCUT2D eigenvalue weighted by Crippen LogP contribution is 2.31. The molecule has 2 aliphatic heterocycles. The minimum Gasteiger partial charge on any atom is -0.481 e. The quantitative estimate of drug-likeness (QED) is 0.771. The van der Waals surface area contributed by atoms with Crippen molar-refractivity contribution in [3.8, 4) is 11.8 Å². The first kappa shape index (κ1) is 17.0.